The third kappa shape index (κ3) is 6.60. The van der Waals surface area contributed by atoms with Gasteiger partial charge < -0.3 is 24.2 Å². The molecule has 0 radical (unpaired) electrons. The fraction of sp³-hybridized carbons (Fsp3) is 0.441. The molecular weight excluding hydrogens is 590 g/mol. The third-order valence-electron chi connectivity index (χ3n) is 8.48. The zero-order valence-electron chi connectivity index (χ0n) is 26.2. The fourth-order valence-electron chi connectivity index (χ4n) is 6.20. The van der Waals surface area contributed by atoms with Crippen LogP contribution in [0.3, 0.4) is 0 Å². The summed E-state index contributed by atoms with van der Waals surface area (Å²) in [6.07, 6.45) is 3.77. The number of rotatable bonds is 6. The van der Waals surface area contributed by atoms with Crippen LogP contribution in [0.5, 0.6) is 6.01 Å². The zero-order valence-corrected chi connectivity index (χ0v) is 26.9. The van der Waals surface area contributed by atoms with E-state index in [1.807, 2.05) is 69.4 Å². The maximum Gasteiger partial charge on any atom is 0.410 e. The minimum absolute atomic E-state index is 0.162. The molecular formula is C34H38ClN7O3. The number of aromatic nitrogens is 3. The molecule has 0 bridgehead atoms. The number of likely N-dealkylation sites (N-methyl/N-ethyl adjacent to an activating group) is 1. The molecule has 2 atom stereocenters. The highest BCUT2D eigenvalue weighted by atomic mass is 35.5. The maximum absolute atomic E-state index is 13.0. The number of pyridine rings is 1. The van der Waals surface area contributed by atoms with E-state index in [4.69, 9.17) is 36.0 Å². The Bertz CT molecular complexity index is 1760. The molecule has 234 valence electrons. The van der Waals surface area contributed by atoms with Crippen LogP contribution >= 0.6 is 11.6 Å². The summed E-state index contributed by atoms with van der Waals surface area (Å²) in [5.41, 5.74) is 2.47. The number of benzene rings is 2. The van der Waals surface area contributed by atoms with Crippen molar-refractivity contribution in [2.45, 2.75) is 57.7 Å². The number of carbonyl (C=O) groups excluding carboxylic acids is 1. The SMILES string of the molecule is CN1CCCC1COc1nc(N2CCN(C(=O)OC(C)(C)C)C(CC#N)C2)c2ncc(-c3cccc4cccc(Cl)c34)cc2n1. The number of hydrogen-bond acceptors (Lipinski definition) is 9. The summed E-state index contributed by atoms with van der Waals surface area (Å²) < 4.78 is 11.9. The zero-order chi connectivity index (χ0) is 31.7. The molecule has 2 unspecified atom stereocenters. The largest absolute Gasteiger partial charge is 0.462 e. The van der Waals surface area contributed by atoms with Crippen molar-refractivity contribution >= 4 is 45.3 Å². The second-order valence-corrected chi connectivity index (χ2v) is 13.2. The number of hydrogen-bond donors (Lipinski definition) is 0. The van der Waals surface area contributed by atoms with E-state index in [0.29, 0.717) is 54.2 Å². The molecule has 4 aromatic rings. The van der Waals surface area contributed by atoms with Crippen LogP contribution in [0, 0.1) is 11.3 Å². The Morgan fingerprint density at radius 2 is 1.91 bits per heavy atom. The molecule has 10 nitrogen and oxygen atoms in total. The molecule has 45 heavy (non-hydrogen) atoms. The molecule has 11 heteroatoms. The van der Waals surface area contributed by atoms with Gasteiger partial charge in [-0.2, -0.15) is 15.2 Å². The Morgan fingerprint density at radius 1 is 1.11 bits per heavy atom. The lowest BCUT2D eigenvalue weighted by Gasteiger charge is -2.41. The van der Waals surface area contributed by atoms with E-state index in [0.717, 1.165) is 41.3 Å². The predicted octanol–water partition coefficient (Wildman–Crippen LogP) is 6.31. The third-order valence-corrected chi connectivity index (χ3v) is 8.79. The molecule has 2 aromatic carbocycles. The molecule has 2 aromatic heterocycles. The van der Waals surface area contributed by atoms with Crippen molar-refractivity contribution in [1.29, 1.82) is 5.26 Å². The highest BCUT2D eigenvalue weighted by Crippen LogP contribution is 2.36. The molecule has 0 saturated carbocycles. The Labute approximate surface area is 268 Å². The van der Waals surface area contributed by atoms with Crippen LogP contribution in [-0.4, -0.2) is 88.4 Å². The molecule has 2 aliphatic heterocycles. The quantitative estimate of drug-likeness (QED) is 0.243. The van der Waals surface area contributed by atoms with E-state index < -0.39 is 11.7 Å². The van der Waals surface area contributed by atoms with E-state index >= 15 is 0 Å². The van der Waals surface area contributed by atoms with E-state index in [1.54, 1.807) is 4.90 Å². The molecule has 0 N–H and O–H groups in total. The minimum atomic E-state index is -0.635. The number of likely N-dealkylation sites (tertiary alicyclic amines) is 1. The van der Waals surface area contributed by atoms with Crippen LogP contribution in [-0.2, 0) is 4.74 Å². The predicted molar refractivity (Wildman–Crippen MR) is 176 cm³/mol. The first kappa shape index (κ1) is 30.8. The van der Waals surface area contributed by atoms with Gasteiger partial charge in [0.25, 0.3) is 0 Å². The van der Waals surface area contributed by atoms with Crippen molar-refractivity contribution in [1.82, 2.24) is 24.8 Å². The van der Waals surface area contributed by atoms with Crippen LogP contribution in [0.15, 0.2) is 48.7 Å². The Morgan fingerprint density at radius 3 is 2.64 bits per heavy atom. The van der Waals surface area contributed by atoms with Gasteiger partial charge in [0.2, 0.25) is 0 Å². The Kier molecular flexibility index (Phi) is 8.67. The van der Waals surface area contributed by atoms with Crippen molar-refractivity contribution in [2.75, 3.05) is 44.7 Å². The molecule has 2 saturated heterocycles. The van der Waals surface area contributed by atoms with Gasteiger partial charge in [-0.1, -0.05) is 41.9 Å². The van der Waals surface area contributed by atoms with Crippen molar-refractivity contribution in [2.24, 2.45) is 0 Å². The number of fused-ring (bicyclic) bond motifs is 2. The van der Waals surface area contributed by atoms with Gasteiger partial charge in [-0.25, -0.2) is 4.79 Å². The first-order chi connectivity index (χ1) is 21.6. The number of piperazine rings is 1. The number of amides is 1. The summed E-state index contributed by atoms with van der Waals surface area (Å²) in [6.45, 7) is 8.30. The van der Waals surface area contributed by atoms with Crippen molar-refractivity contribution in [3.63, 3.8) is 0 Å². The Hall–Kier alpha value is -4.20. The molecule has 4 heterocycles. The normalized spacial score (nSPS) is 19.2. The van der Waals surface area contributed by atoms with Crippen LogP contribution in [0.4, 0.5) is 10.6 Å². The molecule has 1 amide bonds. The van der Waals surface area contributed by atoms with Gasteiger partial charge in [0.15, 0.2) is 5.82 Å². The molecule has 2 aliphatic rings. The van der Waals surface area contributed by atoms with Crippen LogP contribution < -0.4 is 9.64 Å². The van der Waals surface area contributed by atoms with Crippen LogP contribution in [0.2, 0.25) is 5.02 Å². The standard InChI is InChI=1S/C34H38ClN7O3/c1-34(2,3)45-33(43)42-17-16-41(20-24(42)13-14-36)31-30-28(38-32(39-31)44-21-25-10-7-15-40(25)4)18-23(19-37-30)26-11-5-8-22-9-6-12-27(35)29(22)26/h5-6,8-9,11-12,18-19,24-25H,7,10,13,15-17,20-21H2,1-4H3. The number of carbonyl (C=O) groups is 1. The molecule has 0 aliphatic carbocycles. The van der Waals surface area contributed by atoms with Gasteiger partial charge in [0, 0.05) is 47.8 Å². The molecule has 2 fully saturated rings. The maximum atomic E-state index is 13.0. The van der Waals surface area contributed by atoms with E-state index in [9.17, 15) is 10.1 Å². The van der Waals surface area contributed by atoms with Crippen molar-refractivity contribution in [3.05, 3.63) is 53.7 Å². The highest BCUT2D eigenvalue weighted by Gasteiger charge is 2.35. The van der Waals surface area contributed by atoms with E-state index in [2.05, 4.69) is 22.9 Å². The van der Waals surface area contributed by atoms with Crippen molar-refractivity contribution in [3.8, 4) is 23.2 Å². The smallest absolute Gasteiger partial charge is 0.410 e. The number of anilines is 1. The summed E-state index contributed by atoms with van der Waals surface area (Å²) in [5.74, 6) is 0.615. The Balaban J connectivity index is 1.39. The summed E-state index contributed by atoms with van der Waals surface area (Å²) in [7, 11) is 2.11. The van der Waals surface area contributed by atoms with Gasteiger partial charge >= 0.3 is 12.1 Å². The topological polar surface area (TPSA) is 108 Å². The van der Waals surface area contributed by atoms with Gasteiger partial charge in [0.05, 0.1) is 24.0 Å². The van der Waals surface area contributed by atoms with E-state index in [-0.39, 0.29) is 18.5 Å². The molecule has 6 rings (SSSR count). The average Bonchev–Trinajstić information content (AvgIpc) is 3.42. The molecule has 0 spiro atoms. The average molecular weight is 628 g/mol. The summed E-state index contributed by atoms with van der Waals surface area (Å²) in [5, 5.41) is 12.3. The fourth-order valence-corrected chi connectivity index (χ4v) is 6.48. The number of nitrogens with zero attached hydrogens (tertiary/aromatic N) is 7. The second kappa shape index (κ2) is 12.7. The second-order valence-electron chi connectivity index (χ2n) is 12.8. The number of nitriles is 1. The van der Waals surface area contributed by atoms with Crippen LogP contribution in [0.1, 0.15) is 40.0 Å². The van der Waals surface area contributed by atoms with Crippen LogP contribution in [0.25, 0.3) is 32.9 Å². The lowest BCUT2D eigenvalue weighted by molar-refractivity contribution is 0.0145. The minimum Gasteiger partial charge on any atom is -0.462 e. The summed E-state index contributed by atoms with van der Waals surface area (Å²) in [6, 6.07) is 16.4. The first-order valence-corrected chi connectivity index (χ1v) is 15.8. The van der Waals surface area contributed by atoms with E-state index in [1.165, 1.54) is 0 Å². The van der Waals surface area contributed by atoms with Gasteiger partial charge in [0.1, 0.15) is 17.7 Å². The summed E-state index contributed by atoms with van der Waals surface area (Å²) >= 11 is 6.67. The number of halogens is 1. The lowest BCUT2D eigenvalue weighted by Crippen LogP contribution is -2.56. The highest BCUT2D eigenvalue weighted by molar-refractivity contribution is 6.36. The first-order valence-electron chi connectivity index (χ1n) is 15.4. The lowest BCUT2D eigenvalue weighted by atomic mass is 9.99. The van der Waals surface area contributed by atoms with Gasteiger partial charge in [-0.15, -0.1) is 0 Å². The number of ether oxygens (including phenoxy) is 2. The van der Waals surface area contributed by atoms with Crippen molar-refractivity contribution < 1.29 is 14.3 Å². The summed E-state index contributed by atoms with van der Waals surface area (Å²) in [4.78, 5) is 33.7. The van der Waals surface area contributed by atoms with Gasteiger partial charge in [-0.3, -0.25) is 4.98 Å². The van der Waals surface area contributed by atoms with Gasteiger partial charge in [-0.05, 0) is 70.3 Å². The monoisotopic (exact) mass is 627 g/mol.